The molecule has 0 saturated carbocycles. The van der Waals surface area contributed by atoms with Crippen LogP contribution in [0.5, 0.6) is 5.75 Å². The highest BCUT2D eigenvalue weighted by Gasteiger charge is 2.37. The molecule has 0 bridgehead atoms. The highest BCUT2D eigenvalue weighted by molar-refractivity contribution is 6.60. The molecule has 22 heavy (non-hydrogen) atoms. The summed E-state index contributed by atoms with van der Waals surface area (Å²) in [4.78, 5) is 0. The van der Waals surface area contributed by atoms with Crippen LogP contribution >= 0.6 is 0 Å². The van der Waals surface area contributed by atoms with Gasteiger partial charge in [0.25, 0.3) is 0 Å². The summed E-state index contributed by atoms with van der Waals surface area (Å²) in [6.45, 7) is 5.89. The zero-order valence-electron chi connectivity index (χ0n) is 14.4. The Kier molecular flexibility index (Phi) is 6.99. The van der Waals surface area contributed by atoms with Gasteiger partial charge in [-0.25, -0.2) is 4.39 Å². The first-order chi connectivity index (χ1) is 10.3. The minimum atomic E-state index is -2.63. The normalized spacial score (nSPS) is 12.5. The van der Waals surface area contributed by atoms with E-state index in [9.17, 15) is 4.39 Å². The van der Waals surface area contributed by atoms with Gasteiger partial charge in [0.1, 0.15) is 5.60 Å². The van der Waals surface area contributed by atoms with Crippen LogP contribution in [0.2, 0.25) is 6.04 Å². The molecule has 0 fully saturated rings. The zero-order valence-corrected chi connectivity index (χ0v) is 15.4. The minimum Gasteiger partial charge on any atom is -0.485 e. The fraction of sp³-hybridized carbons (Fsp3) is 0.625. The molecule has 0 spiro atoms. The molecule has 0 aliphatic carbocycles. The summed E-state index contributed by atoms with van der Waals surface area (Å²) in [7, 11) is 2.09. The Bertz CT molecular complexity index is 467. The molecule has 4 nitrogen and oxygen atoms in total. The second-order valence-corrected chi connectivity index (χ2v) is 8.87. The van der Waals surface area contributed by atoms with Gasteiger partial charge in [0.2, 0.25) is 0 Å². The fourth-order valence-corrected chi connectivity index (χ4v) is 3.71. The van der Waals surface area contributed by atoms with E-state index in [1.807, 2.05) is 26.8 Å². The van der Waals surface area contributed by atoms with E-state index >= 15 is 0 Å². The first kappa shape index (κ1) is 19.1. The Balaban J connectivity index is 2.77. The summed E-state index contributed by atoms with van der Waals surface area (Å²) in [6.07, 6.45) is 1.42. The first-order valence-corrected chi connectivity index (χ1v) is 9.37. The second kappa shape index (κ2) is 8.06. The Morgan fingerprint density at radius 3 is 2.14 bits per heavy atom. The highest BCUT2D eigenvalue weighted by Crippen LogP contribution is 2.26. The first-order valence-electron chi connectivity index (χ1n) is 7.44. The van der Waals surface area contributed by atoms with Crippen LogP contribution < -0.4 is 4.74 Å². The van der Waals surface area contributed by atoms with Gasteiger partial charge in [0.15, 0.2) is 11.6 Å². The zero-order chi connectivity index (χ0) is 16.8. The van der Waals surface area contributed by atoms with E-state index < -0.39 is 8.80 Å². The number of hydrogen-bond acceptors (Lipinski definition) is 4. The van der Waals surface area contributed by atoms with Gasteiger partial charge < -0.3 is 18.0 Å². The lowest BCUT2D eigenvalue weighted by Crippen LogP contribution is -2.43. The molecule has 1 aromatic rings. The average Bonchev–Trinajstić information content (AvgIpc) is 2.51. The van der Waals surface area contributed by atoms with E-state index in [2.05, 4.69) is 0 Å². The van der Waals surface area contributed by atoms with Crippen molar-refractivity contribution in [2.45, 2.75) is 45.3 Å². The predicted octanol–water partition coefficient (Wildman–Crippen LogP) is 3.81. The second-order valence-electron chi connectivity index (χ2n) is 5.78. The van der Waals surface area contributed by atoms with Crippen LogP contribution in [0.1, 0.15) is 32.8 Å². The minimum absolute atomic E-state index is 0.282. The quantitative estimate of drug-likeness (QED) is 0.645. The fourth-order valence-electron chi connectivity index (χ4n) is 2.01. The molecule has 1 aromatic carbocycles. The topological polar surface area (TPSA) is 36.9 Å². The lowest BCUT2D eigenvalue weighted by Gasteiger charge is -2.26. The van der Waals surface area contributed by atoms with E-state index in [-0.39, 0.29) is 17.2 Å². The smallest absolute Gasteiger partial charge is 0.485 e. The van der Waals surface area contributed by atoms with Crippen molar-refractivity contribution in [3.05, 3.63) is 29.6 Å². The van der Waals surface area contributed by atoms with Crippen LogP contribution in [0, 0.1) is 5.82 Å². The third-order valence-electron chi connectivity index (χ3n) is 3.89. The van der Waals surface area contributed by atoms with Crippen LogP contribution in [0.25, 0.3) is 0 Å². The largest absolute Gasteiger partial charge is 0.500 e. The lowest BCUT2D eigenvalue weighted by molar-refractivity contribution is 0.0994. The molecular formula is C16H27FO4Si. The maximum Gasteiger partial charge on any atom is 0.500 e. The van der Waals surface area contributed by atoms with Gasteiger partial charge in [-0.15, -0.1) is 0 Å². The van der Waals surface area contributed by atoms with Crippen molar-refractivity contribution in [3.63, 3.8) is 0 Å². The van der Waals surface area contributed by atoms with Gasteiger partial charge in [0.05, 0.1) is 0 Å². The summed E-state index contributed by atoms with van der Waals surface area (Å²) < 4.78 is 36.0. The van der Waals surface area contributed by atoms with Crippen molar-refractivity contribution in [2.24, 2.45) is 0 Å². The van der Waals surface area contributed by atoms with Crippen molar-refractivity contribution >= 4 is 8.80 Å². The Labute approximate surface area is 133 Å². The maximum absolute atomic E-state index is 14.2. The Morgan fingerprint density at radius 2 is 1.68 bits per heavy atom. The predicted molar refractivity (Wildman–Crippen MR) is 86.7 cm³/mol. The van der Waals surface area contributed by atoms with E-state index in [4.69, 9.17) is 18.0 Å². The van der Waals surface area contributed by atoms with Gasteiger partial charge >= 0.3 is 8.80 Å². The summed E-state index contributed by atoms with van der Waals surface area (Å²) in [6, 6.07) is 5.64. The molecule has 0 N–H and O–H groups in total. The third-order valence-corrected chi connectivity index (χ3v) is 6.62. The van der Waals surface area contributed by atoms with E-state index in [0.29, 0.717) is 12.5 Å². The number of rotatable bonds is 9. The van der Waals surface area contributed by atoms with Crippen LogP contribution in [-0.2, 0) is 19.7 Å². The highest BCUT2D eigenvalue weighted by atomic mass is 28.4. The van der Waals surface area contributed by atoms with Crippen molar-refractivity contribution in [3.8, 4) is 5.75 Å². The SMILES string of the molecule is CCC(C)(C)Oc1ccc(CC[Si](OC)(OC)OC)cc1F. The average molecular weight is 330 g/mol. The Morgan fingerprint density at radius 1 is 1.09 bits per heavy atom. The van der Waals surface area contributed by atoms with Crippen LogP contribution in [0.15, 0.2) is 18.2 Å². The van der Waals surface area contributed by atoms with Gasteiger partial charge in [-0.3, -0.25) is 0 Å². The standard InChI is InChI=1S/C16H27FO4Si/c1-7-16(2,3)21-15-9-8-13(12-14(15)17)10-11-22(18-4,19-5)20-6/h8-9,12H,7,10-11H2,1-6H3. The number of benzene rings is 1. The van der Waals surface area contributed by atoms with E-state index in [1.54, 1.807) is 27.4 Å². The molecule has 0 unspecified atom stereocenters. The molecule has 0 aliphatic heterocycles. The van der Waals surface area contributed by atoms with Gasteiger partial charge in [0, 0.05) is 27.4 Å². The molecule has 126 valence electrons. The molecule has 0 aromatic heterocycles. The summed E-state index contributed by atoms with van der Waals surface area (Å²) in [5, 5.41) is 0. The maximum atomic E-state index is 14.2. The molecule has 0 radical (unpaired) electrons. The van der Waals surface area contributed by atoms with Crippen molar-refractivity contribution in [2.75, 3.05) is 21.3 Å². The van der Waals surface area contributed by atoms with Crippen molar-refractivity contribution in [1.29, 1.82) is 0 Å². The van der Waals surface area contributed by atoms with E-state index in [0.717, 1.165) is 12.0 Å². The van der Waals surface area contributed by atoms with Crippen LogP contribution in [-0.4, -0.2) is 35.7 Å². The molecule has 1 rings (SSSR count). The van der Waals surface area contributed by atoms with Crippen LogP contribution in [0.3, 0.4) is 0 Å². The summed E-state index contributed by atoms with van der Waals surface area (Å²) in [5.41, 5.74) is 0.481. The molecule has 0 atom stereocenters. The number of hydrogen-bond donors (Lipinski definition) is 0. The summed E-state index contributed by atoms with van der Waals surface area (Å²) >= 11 is 0. The molecule has 0 aliphatic rings. The number of aryl methyl sites for hydroxylation is 1. The molecule has 0 heterocycles. The van der Waals surface area contributed by atoms with Crippen LogP contribution in [0.4, 0.5) is 4.39 Å². The van der Waals surface area contributed by atoms with Gasteiger partial charge in [-0.1, -0.05) is 13.0 Å². The Hall–Kier alpha value is -0.953. The number of halogens is 1. The van der Waals surface area contributed by atoms with E-state index in [1.165, 1.54) is 6.07 Å². The third kappa shape index (κ3) is 5.05. The van der Waals surface area contributed by atoms with Gasteiger partial charge in [-0.2, -0.15) is 0 Å². The van der Waals surface area contributed by atoms with Gasteiger partial charge in [-0.05, 0) is 44.4 Å². The van der Waals surface area contributed by atoms with Crippen molar-refractivity contribution in [1.82, 2.24) is 0 Å². The monoisotopic (exact) mass is 330 g/mol. The number of ether oxygens (including phenoxy) is 1. The van der Waals surface area contributed by atoms with Crippen molar-refractivity contribution < 1.29 is 22.4 Å². The molecule has 0 saturated heterocycles. The molecular weight excluding hydrogens is 303 g/mol. The summed E-state index contributed by atoms with van der Waals surface area (Å²) in [5.74, 6) is -0.0668. The molecule has 6 heteroatoms. The lowest BCUT2D eigenvalue weighted by atomic mass is 10.1. The molecule has 0 amide bonds.